The summed E-state index contributed by atoms with van der Waals surface area (Å²) in [6.45, 7) is 5.69. The van der Waals surface area contributed by atoms with Crippen molar-refractivity contribution in [3.05, 3.63) is 22.2 Å². The van der Waals surface area contributed by atoms with Gasteiger partial charge in [-0.3, -0.25) is 9.59 Å². The van der Waals surface area contributed by atoms with Gasteiger partial charge in [-0.2, -0.15) is 0 Å². The number of likely N-dealkylation sites (tertiary alicyclic amines) is 1. The van der Waals surface area contributed by atoms with Crippen LogP contribution in [-0.2, 0) is 4.79 Å². The zero-order chi connectivity index (χ0) is 20.5. The molecule has 0 saturated carbocycles. The number of nitrogens with one attached hydrogen (secondary N) is 1. The quantitative estimate of drug-likeness (QED) is 0.528. The van der Waals surface area contributed by atoms with Crippen molar-refractivity contribution >= 4 is 27.7 Å². The van der Waals surface area contributed by atoms with Crippen molar-refractivity contribution < 1.29 is 19.1 Å². The maximum absolute atomic E-state index is 12.5. The van der Waals surface area contributed by atoms with Crippen molar-refractivity contribution in [2.75, 3.05) is 39.9 Å². The van der Waals surface area contributed by atoms with Crippen LogP contribution in [0.5, 0.6) is 11.5 Å². The molecule has 1 atom stereocenters. The lowest BCUT2D eigenvalue weighted by Gasteiger charge is -2.31. The fraction of sp³-hybridized carbons (Fsp3) is 0.600. The van der Waals surface area contributed by atoms with E-state index in [1.807, 2.05) is 6.92 Å². The molecule has 0 radical (unpaired) electrons. The van der Waals surface area contributed by atoms with Gasteiger partial charge in [0.1, 0.15) is 0 Å². The zero-order valence-electron chi connectivity index (χ0n) is 16.6. The standard InChI is InChI=1S/C20H30BrN3O4/c1-3-10-28-18-16(21)11-15(12-17(18)27-2)20(26)23-7-5-9-24-8-4-6-14(13-24)19(22)25/h11-12,14H,3-10,13H2,1-2H3,(H2,22,25)(H,23,26). The molecule has 2 amide bonds. The lowest BCUT2D eigenvalue weighted by atomic mass is 9.97. The van der Waals surface area contributed by atoms with Crippen LogP contribution in [0.4, 0.5) is 0 Å². The van der Waals surface area contributed by atoms with Crippen LogP contribution in [-0.4, -0.2) is 56.6 Å². The second kappa shape index (κ2) is 11.3. The van der Waals surface area contributed by atoms with E-state index in [9.17, 15) is 9.59 Å². The highest BCUT2D eigenvalue weighted by atomic mass is 79.9. The average Bonchev–Trinajstić information content (AvgIpc) is 2.69. The number of primary amides is 1. The Morgan fingerprint density at radius 2 is 2.18 bits per heavy atom. The first-order valence-electron chi connectivity index (χ1n) is 9.76. The summed E-state index contributed by atoms with van der Waals surface area (Å²) >= 11 is 3.46. The topological polar surface area (TPSA) is 93.9 Å². The van der Waals surface area contributed by atoms with Crippen LogP contribution in [0.15, 0.2) is 16.6 Å². The van der Waals surface area contributed by atoms with Gasteiger partial charge in [0, 0.05) is 18.7 Å². The van der Waals surface area contributed by atoms with Crippen LogP contribution in [0, 0.1) is 5.92 Å². The molecule has 28 heavy (non-hydrogen) atoms. The molecule has 2 rings (SSSR count). The molecule has 1 fully saturated rings. The van der Waals surface area contributed by atoms with Crippen molar-refractivity contribution in [2.45, 2.75) is 32.6 Å². The molecule has 1 aromatic rings. The van der Waals surface area contributed by atoms with E-state index in [0.717, 1.165) is 38.8 Å². The van der Waals surface area contributed by atoms with E-state index < -0.39 is 0 Å². The van der Waals surface area contributed by atoms with Gasteiger partial charge in [-0.15, -0.1) is 0 Å². The molecule has 0 bridgehead atoms. The highest BCUT2D eigenvalue weighted by Crippen LogP contribution is 2.36. The summed E-state index contributed by atoms with van der Waals surface area (Å²) in [5.74, 6) is 0.703. The van der Waals surface area contributed by atoms with E-state index in [1.165, 1.54) is 0 Å². The van der Waals surface area contributed by atoms with E-state index >= 15 is 0 Å². The number of carbonyl (C=O) groups excluding carboxylic acids is 2. The number of ether oxygens (including phenoxy) is 2. The van der Waals surface area contributed by atoms with E-state index in [-0.39, 0.29) is 17.7 Å². The Kier molecular flexibility index (Phi) is 9.05. The van der Waals surface area contributed by atoms with Crippen molar-refractivity contribution in [3.8, 4) is 11.5 Å². The highest BCUT2D eigenvalue weighted by molar-refractivity contribution is 9.10. The molecule has 0 spiro atoms. The maximum atomic E-state index is 12.5. The molecular formula is C20H30BrN3O4. The number of piperidine rings is 1. The van der Waals surface area contributed by atoms with Crippen molar-refractivity contribution in [3.63, 3.8) is 0 Å². The van der Waals surface area contributed by atoms with Crippen LogP contribution < -0.4 is 20.5 Å². The van der Waals surface area contributed by atoms with Crippen LogP contribution in [0.3, 0.4) is 0 Å². The van der Waals surface area contributed by atoms with E-state index in [0.29, 0.717) is 41.2 Å². The molecule has 7 nitrogen and oxygen atoms in total. The van der Waals surface area contributed by atoms with E-state index in [2.05, 4.69) is 26.1 Å². The summed E-state index contributed by atoms with van der Waals surface area (Å²) in [5, 5.41) is 2.94. The predicted octanol–water partition coefficient (Wildman–Crippen LogP) is 2.56. The number of rotatable bonds is 10. The molecular weight excluding hydrogens is 426 g/mol. The summed E-state index contributed by atoms with van der Waals surface area (Å²) < 4.78 is 11.8. The molecule has 1 heterocycles. The lowest BCUT2D eigenvalue weighted by Crippen LogP contribution is -2.42. The first-order chi connectivity index (χ1) is 13.5. The summed E-state index contributed by atoms with van der Waals surface area (Å²) in [7, 11) is 1.56. The zero-order valence-corrected chi connectivity index (χ0v) is 18.2. The maximum Gasteiger partial charge on any atom is 0.251 e. The van der Waals surface area contributed by atoms with Gasteiger partial charge in [-0.05, 0) is 66.8 Å². The van der Waals surface area contributed by atoms with Crippen molar-refractivity contribution in [2.24, 2.45) is 11.7 Å². The van der Waals surface area contributed by atoms with Gasteiger partial charge >= 0.3 is 0 Å². The molecule has 1 aliphatic heterocycles. The van der Waals surface area contributed by atoms with E-state index in [4.69, 9.17) is 15.2 Å². The van der Waals surface area contributed by atoms with Crippen molar-refractivity contribution in [1.82, 2.24) is 10.2 Å². The van der Waals surface area contributed by atoms with Gasteiger partial charge in [0.15, 0.2) is 11.5 Å². The fourth-order valence-corrected chi connectivity index (χ4v) is 3.85. The van der Waals surface area contributed by atoms with Crippen LogP contribution >= 0.6 is 15.9 Å². The number of amides is 2. The molecule has 156 valence electrons. The summed E-state index contributed by atoms with van der Waals surface area (Å²) in [6, 6.07) is 3.43. The van der Waals surface area contributed by atoms with Gasteiger partial charge in [-0.1, -0.05) is 6.92 Å². The second-order valence-electron chi connectivity index (χ2n) is 6.99. The minimum atomic E-state index is -0.219. The normalized spacial score (nSPS) is 17.2. The number of hydrogen-bond acceptors (Lipinski definition) is 5. The molecule has 1 aliphatic rings. The number of methoxy groups -OCH3 is 1. The predicted molar refractivity (Wildman–Crippen MR) is 112 cm³/mol. The number of benzene rings is 1. The molecule has 1 unspecified atom stereocenters. The number of hydrogen-bond donors (Lipinski definition) is 2. The minimum Gasteiger partial charge on any atom is -0.493 e. The van der Waals surface area contributed by atoms with Crippen LogP contribution in [0.2, 0.25) is 0 Å². The Morgan fingerprint density at radius 1 is 1.39 bits per heavy atom. The third kappa shape index (κ3) is 6.38. The smallest absolute Gasteiger partial charge is 0.251 e. The van der Waals surface area contributed by atoms with Gasteiger partial charge in [0.05, 0.1) is 24.1 Å². The second-order valence-corrected chi connectivity index (χ2v) is 7.84. The lowest BCUT2D eigenvalue weighted by molar-refractivity contribution is -0.123. The average molecular weight is 456 g/mol. The first-order valence-corrected chi connectivity index (χ1v) is 10.6. The number of halogens is 1. The Bertz CT molecular complexity index is 684. The molecule has 1 saturated heterocycles. The largest absolute Gasteiger partial charge is 0.493 e. The monoisotopic (exact) mass is 455 g/mol. The third-order valence-electron chi connectivity index (χ3n) is 4.79. The third-order valence-corrected chi connectivity index (χ3v) is 5.38. The summed E-state index contributed by atoms with van der Waals surface area (Å²) in [6.07, 6.45) is 3.56. The Balaban J connectivity index is 1.84. The Morgan fingerprint density at radius 3 is 2.86 bits per heavy atom. The molecule has 1 aromatic carbocycles. The van der Waals surface area contributed by atoms with Crippen LogP contribution in [0.1, 0.15) is 43.0 Å². The highest BCUT2D eigenvalue weighted by Gasteiger charge is 2.23. The van der Waals surface area contributed by atoms with Gasteiger partial charge in [0.2, 0.25) is 5.91 Å². The first kappa shape index (κ1) is 22.5. The molecule has 0 aliphatic carbocycles. The molecule has 8 heteroatoms. The Hall–Kier alpha value is -1.80. The van der Waals surface area contributed by atoms with Gasteiger partial charge in [-0.25, -0.2) is 0 Å². The van der Waals surface area contributed by atoms with Crippen LogP contribution in [0.25, 0.3) is 0 Å². The summed E-state index contributed by atoms with van der Waals surface area (Å²) in [5.41, 5.74) is 5.93. The SMILES string of the molecule is CCCOc1c(Br)cc(C(=O)NCCCN2CCCC(C(N)=O)C2)cc1OC. The van der Waals surface area contributed by atoms with Crippen molar-refractivity contribution in [1.29, 1.82) is 0 Å². The molecule has 0 aromatic heterocycles. The number of nitrogens with zero attached hydrogens (tertiary/aromatic N) is 1. The van der Waals surface area contributed by atoms with Gasteiger partial charge < -0.3 is 25.4 Å². The van der Waals surface area contributed by atoms with E-state index in [1.54, 1.807) is 19.2 Å². The summed E-state index contributed by atoms with van der Waals surface area (Å²) in [4.78, 5) is 26.1. The molecule has 3 N–H and O–H groups in total. The minimum absolute atomic E-state index is 0.0541. The van der Waals surface area contributed by atoms with Gasteiger partial charge in [0.25, 0.3) is 5.91 Å². The number of nitrogens with two attached hydrogens (primary N) is 1. The Labute approximate surface area is 175 Å². The number of carbonyl (C=O) groups is 2. The fourth-order valence-electron chi connectivity index (χ4n) is 3.29.